The maximum Gasteiger partial charge on any atom is 0.0622 e. The van der Waals surface area contributed by atoms with Crippen molar-refractivity contribution in [2.24, 2.45) is 11.8 Å². The van der Waals surface area contributed by atoms with Gasteiger partial charge in [0.25, 0.3) is 0 Å². The Morgan fingerprint density at radius 3 is 2.76 bits per heavy atom. The summed E-state index contributed by atoms with van der Waals surface area (Å²) in [7, 11) is 0. The molecule has 1 heterocycles. The van der Waals surface area contributed by atoms with Crippen LogP contribution in [0, 0.1) is 11.8 Å². The van der Waals surface area contributed by atoms with Crippen molar-refractivity contribution in [2.75, 3.05) is 32.8 Å². The van der Waals surface area contributed by atoms with E-state index in [0.29, 0.717) is 6.04 Å². The Bertz CT molecular complexity index is 284. The van der Waals surface area contributed by atoms with Gasteiger partial charge in [-0.15, -0.1) is 0 Å². The summed E-state index contributed by atoms with van der Waals surface area (Å²) < 4.78 is 5.67. The predicted octanol–water partition coefficient (Wildman–Crippen LogP) is 3.29. The maximum absolute atomic E-state index is 5.67. The van der Waals surface area contributed by atoms with Crippen LogP contribution >= 0.6 is 0 Å². The quantitative estimate of drug-likeness (QED) is 0.780. The highest BCUT2D eigenvalue weighted by Crippen LogP contribution is 2.33. The van der Waals surface area contributed by atoms with Gasteiger partial charge < -0.3 is 10.1 Å². The molecule has 1 saturated carbocycles. The van der Waals surface area contributed by atoms with E-state index in [-0.39, 0.29) is 0 Å². The van der Waals surface area contributed by atoms with Gasteiger partial charge in [0.05, 0.1) is 13.2 Å². The monoisotopic (exact) mass is 296 g/mol. The van der Waals surface area contributed by atoms with Gasteiger partial charge in [0.1, 0.15) is 0 Å². The molecule has 1 N–H and O–H groups in total. The standard InChI is InChI=1S/C18H36N2O/c1-4-7-15-8-9-18(19-6-3)16(12-15)13-20-10-11-21-14-17(20)5-2/h15-19H,4-14H2,1-3H3. The first kappa shape index (κ1) is 17.2. The molecule has 4 unspecified atom stereocenters. The van der Waals surface area contributed by atoms with E-state index in [0.717, 1.165) is 44.2 Å². The normalized spacial score (nSPS) is 35.0. The Kier molecular flexibility index (Phi) is 7.48. The van der Waals surface area contributed by atoms with Gasteiger partial charge in [0.15, 0.2) is 0 Å². The Balaban J connectivity index is 1.94. The molecule has 1 aliphatic carbocycles. The van der Waals surface area contributed by atoms with Crippen LogP contribution in [0.25, 0.3) is 0 Å². The summed E-state index contributed by atoms with van der Waals surface area (Å²) in [4.78, 5) is 2.72. The summed E-state index contributed by atoms with van der Waals surface area (Å²) in [5.41, 5.74) is 0. The lowest BCUT2D eigenvalue weighted by atomic mass is 9.76. The van der Waals surface area contributed by atoms with Gasteiger partial charge in [-0.2, -0.15) is 0 Å². The van der Waals surface area contributed by atoms with Crippen LogP contribution < -0.4 is 5.32 Å². The van der Waals surface area contributed by atoms with Gasteiger partial charge >= 0.3 is 0 Å². The number of nitrogens with zero attached hydrogens (tertiary/aromatic N) is 1. The van der Waals surface area contributed by atoms with Crippen LogP contribution in [0.15, 0.2) is 0 Å². The second-order valence-electron chi connectivity index (χ2n) is 7.02. The van der Waals surface area contributed by atoms with Crippen molar-refractivity contribution >= 4 is 0 Å². The molecular weight excluding hydrogens is 260 g/mol. The number of nitrogens with one attached hydrogen (secondary N) is 1. The predicted molar refractivity (Wildman–Crippen MR) is 89.7 cm³/mol. The van der Waals surface area contributed by atoms with E-state index < -0.39 is 0 Å². The number of ether oxygens (including phenoxy) is 1. The molecule has 3 nitrogen and oxygen atoms in total. The largest absolute Gasteiger partial charge is 0.378 e. The lowest BCUT2D eigenvalue weighted by Gasteiger charge is -2.43. The van der Waals surface area contributed by atoms with Crippen LogP contribution in [-0.4, -0.2) is 49.8 Å². The van der Waals surface area contributed by atoms with Crippen molar-refractivity contribution in [2.45, 2.75) is 71.4 Å². The first-order valence-electron chi connectivity index (χ1n) is 9.33. The molecule has 2 aliphatic rings. The molecule has 0 aromatic rings. The van der Waals surface area contributed by atoms with E-state index >= 15 is 0 Å². The van der Waals surface area contributed by atoms with Crippen LogP contribution in [0.5, 0.6) is 0 Å². The molecule has 0 aromatic carbocycles. The minimum atomic E-state index is 0.646. The fourth-order valence-corrected chi connectivity index (χ4v) is 4.37. The van der Waals surface area contributed by atoms with Crippen LogP contribution in [-0.2, 0) is 4.74 Å². The SMILES string of the molecule is CCCC1CCC(NCC)C(CN2CCOCC2CC)C1. The lowest BCUT2D eigenvalue weighted by molar-refractivity contribution is -0.0225. The highest BCUT2D eigenvalue weighted by Gasteiger charge is 2.33. The van der Waals surface area contributed by atoms with Gasteiger partial charge in [-0.25, -0.2) is 0 Å². The Labute approximate surface area is 131 Å². The van der Waals surface area contributed by atoms with Gasteiger partial charge in [-0.3, -0.25) is 4.90 Å². The molecular formula is C18H36N2O. The molecule has 0 bridgehead atoms. The van der Waals surface area contributed by atoms with Crippen molar-refractivity contribution < 1.29 is 4.74 Å². The van der Waals surface area contributed by atoms with E-state index in [1.54, 1.807) is 0 Å². The molecule has 0 aromatic heterocycles. The van der Waals surface area contributed by atoms with Gasteiger partial charge in [-0.1, -0.05) is 33.6 Å². The van der Waals surface area contributed by atoms with Gasteiger partial charge in [-0.05, 0) is 44.1 Å². The van der Waals surface area contributed by atoms with Gasteiger partial charge in [0, 0.05) is 25.2 Å². The van der Waals surface area contributed by atoms with E-state index in [1.807, 2.05) is 0 Å². The number of rotatable bonds is 7. The average Bonchev–Trinajstić information content (AvgIpc) is 2.51. The first-order chi connectivity index (χ1) is 10.3. The summed E-state index contributed by atoms with van der Waals surface area (Å²) in [6.07, 6.45) is 8.23. The molecule has 2 rings (SSSR count). The minimum absolute atomic E-state index is 0.646. The summed E-state index contributed by atoms with van der Waals surface area (Å²) in [6, 6.07) is 1.39. The second kappa shape index (κ2) is 9.12. The zero-order valence-corrected chi connectivity index (χ0v) is 14.4. The highest BCUT2D eigenvalue weighted by molar-refractivity contribution is 4.88. The van der Waals surface area contributed by atoms with Crippen molar-refractivity contribution in [1.82, 2.24) is 10.2 Å². The van der Waals surface area contributed by atoms with Crippen LogP contribution in [0.1, 0.15) is 59.3 Å². The third-order valence-corrected chi connectivity index (χ3v) is 5.54. The van der Waals surface area contributed by atoms with Crippen LogP contribution in [0.2, 0.25) is 0 Å². The third kappa shape index (κ3) is 4.94. The van der Waals surface area contributed by atoms with Crippen molar-refractivity contribution in [1.29, 1.82) is 0 Å². The van der Waals surface area contributed by atoms with E-state index in [4.69, 9.17) is 4.74 Å². The smallest absolute Gasteiger partial charge is 0.0622 e. The Morgan fingerprint density at radius 2 is 2.05 bits per heavy atom. The second-order valence-corrected chi connectivity index (χ2v) is 7.02. The van der Waals surface area contributed by atoms with E-state index in [2.05, 4.69) is 31.0 Å². The Morgan fingerprint density at radius 1 is 1.19 bits per heavy atom. The highest BCUT2D eigenvalue weighted by atomic mass is 16.5. The van der Waals surface area contributed by atoms with Gasteiger partial charge in [0.2, 0.25) is 0 Å². The third-order valence-electron chi connectivity index (χ3n) is 5.54. The number of hydrogen-bond acceptors (Lipinski definition) is 3. The average molecular weight is 296 g/mol. The molecule has 0 spiro atoms. The lowest BCUT2D eigenvalue weighted by Crippen LogP contribution is -2.51. The summed E-state index contributed by atoms with van der Waals surface area (Å²) >= 11 is 0. The van der Waals surface area contributed by atoms with E-state index in [9.17, 15) is 0 Å². The fraction of sp³-hybridized carbons (Fsp3) is 1.00. The molecule has 0 radical (unpaired) electrons. The minimum Gasteiger partial charge on any atom is -0.378 e. The van der Waals surface area contributed by atoms with Crippen molar-refractivity contribution in [3.05, 3.63) is 0 Å². The molecule has 21 heavy (non-hydrogen) atoms. The summed E-state index contributed by atoms with van der Waals surface area (Å²) in [5, 5.41) is 3.76. The molecule has 1 saturated heterocycles. The topological polar surface area (TPSA) is 24.5 Å². The molecule has 1 aliphatic heterocycles. The molecule has 3 heteroatoms. The maximum atomic E-state index is 5.67. The molecule has 0 amide bonds. The summed E-state index contributed by atoms with van der Waals surface area (Å²) in [6.45, 7) is 12.3. The zero-order valence-electron chi connectivity index (χ0n) is 14.4. The first-order valence-corrected chi connectivity index (χ1v) is 9.33. The van der Waals surface area contributed by atoms with Crippen LogP contribution in [0.4, 0.5) is 0 Å². The molecule has 4 atom stereocenters. The van der Waals surface area contributed by atoms with Crippen molar-refractivity contribution in [3.8, 4) is 0 Å². The zero-order chi connectivity index (χ0) is 15.1. The Hall–Kier alpha value is -0.120. The number of hydrogen-bond donors (Lipinski definition) is 1. The molecule has 2 fully saturated rings. The molecule has 124 valence electrons. The van der Waals surface area contributed by atoms with Crippen LogP contribution in [0.3, 0.4) is 0 Å². The summed E-state index contributed by atoms with van der Waals surface area (Å²) in [5.74, 6) is 1.80. The fourth-order valence-electron chi connectivity index (χ4n) is 4.37. The number of morpholine rings is 1. The van der Waals surface area contributed by atoms with E-state index in [1.165, 1.54) is 45.1 Å². The van der Waals surface area contributed by atoms with Crippen molar-refractivity contribution in [3.63, 3.8) is 0 Å².